The third-order valence-corrected chi connectivity index (χ3v) is 6.77. The first-order valence-corrected chi connectivity index (χ1v) is 12.3. The zero-order valence-corrected chi connectivity index (χ0v) is 20.4. The molecule has 0 fully saturated rings. The average molecular weight is 462 g/mol. The van der Waals surface area contributed by atoms with Crippen LogP contribution in [0.3, 0.4) is 0 Å². The number of rotatable bonds is 3. The summed E-state index contributed by atoms with van der Waals surface area (Å²) in [6.07, 6.45) is 5.06. The molecule has 0 saturated heterocycles. The lowest BCUT2D eigenvalue weighted by atomic mass is 10.0. The summed E-state index contributed by atoms with van der Waals surface area (Å²) >= 11 is 0. The molecule has 2 amide bonds. The lowest BCUT2D eigenvalue weighted by Crippen LogP contribution is -2.47. The van der Waals surface area contributed by atoms with Gasteiger partial charge >= 0.3 is 0 Å². The van der Waals surface area contributed by atoms with Gasteiger partial charge in [0.15, 0.2) is 0 Å². The van der Waals surface area contributed by atoms with Gasteiger partial charge in [-0.3, -0.25) is 9.59 Å². The monoisotopic (exact) mass is 461 g/mol. The minimum atomic E-state index is -0.0839. The first-order chi connectivity index (χ1) is 16.5. The van der Waals surface area contributed by atoms with Gasteiger partial charge < -0.3 is 19.5 Å². The van der Waals surface area contributed by atoms with Crippen molar-refractivity contribution in [1.29, 1.82) is 0 Å². The Bertz CT molecular complexity index is 1140. The Morgan fingerprint density at radius 3 is 2.62 bits per heavy atom. The van der Waals surface area contributed by atoms with E-state index in [1.165, 1.54) is 0 Å². The number of para-hydroxylation sites is 2. The molecule has 4 rings (SSSR count). The second-order valence-corrected chi connectivity index (χ2v) is 9.53. The number of aromatic amines is 1. The lowest BCUT2D eigenvalue weighted by molar-refractivity contribution is -0.134. The Balaban J connectivity index is 1.60. The molecule has 2 heterocycles. The highest BCUT2D eigenvalue weighted by Crippen LogP contribution is 2.24. The molecule has 2 aromatic carbocycles. The zero-order valence-electron chi connectivity index (χ0n) is 20.4. The summed E-state index contributed by atoms with van der Waals surface area (Å²) in [4.78, 5) is 33.7. The van der Waals surface area contributed by atoms with Crippen LogP contribution in [0.4, 0.5) is 0 Å². The van der Waals surface area contributed by atoms with Gasteiger partial charge in [-0.15, -0.1) is 0 Å². The van der Waals surface area contributed by atoms with Gasteiger partial charge in [0.05, 0.1) is 18.0 Å². The van der Waals surface area contributed by atoms with E-state index < -0.39 is 0 Å². The van der Waals surface area contributed by atoms with E-state index in [0.717, 1.165) is 35.7 Å². The Labute approximate surface area is 201 Å². The molecule has 0 spiro atoms. The molecule has 1 atom stereocenters. The fourth-order valence-corrected chi connectivity index (χ4v) is 4.72. The summed E-state index contributed by atoms with van der Waals surface area (Å²) in [6, 6.07) is 15.4. The molecule has 0 unspecified atom stereocenters. The number of nitrogens with one attached hydrogen (secondary N) is 1. The van der Waals surface area contributed by atoms with Gasteiger partial charge in [-0.05, 0) is 48.9 Å². The highest BCUT2D eigenvalue weighted by Gasteiger charge is 2.28. The fraction of sp³-hybridized carbons (Fsp3) is 0.429. The molecule has 1 aliphatic heterocycles. The number of nitrogens with zero attached hydrogens (tertiary/aromatic N) is 2. The number of hydrogen-bond donors (Lipinski definition) is 1. The molecule has 6 heteroatoms. The highest BCUT2D eigenvalue weighted by molar-refractivity contribution is 5.96. The Morgan fingerprint density at radius 1 is 1.06 bits per heavy atom. The maximum atomic E-state index is 13.7. The molecule has 3 aromatic rings. The van der Waals surface area contributed by atoms with E-state index in [2.05, 4.69) is 24.9 Å². The molecular formula is C28H35N3O3. The number of carbonyl (C=O) groups is 2. The van der Waals surface area contributed by atoms with Crippen LogP contribution in [0.5, 0.6) is 5.75 Å². The zero-order chi connectivity index (χ0) is 24.1. The van der Waals surface area contributed by atoms with Crippen LogP contribution >= 0.6 is 0 Å². The van der Waals surface area contributed by atoms with Crippen molar-refractivity contribution in [3.05, 3.63) is 65.9 Å². The van der Waals surface area contributed by atoms with Gasteiger partial charge in [-0.2, -0.15) is 0 Å². The van der Waals surface area contributed by atoms with Crippen molar-refractivity contribution >= 4 is 22.7 Å². The van der Waals surface area contributed by atoms with Gasteiger partial charge in [0.2, 0.25) is 5.91 Å². The standard InChI is InChI=1S/C28H35N3O3/c1-20(2)25-19-34-26-14-8-6-12-23(26)28(33)30(3)15-9-4-10-16-31(25)27(32)17-21-18-29-24-13-7-5-11-22(21)24/h5-8,11-14,18,20,25,29H,4,9-10,15-17,19H2,1-3H3/t25-/m1/s1. The quantitative estimate of drug-likeness (QED) is 0.603. The van der Waals surface area contributed by atoms with Gasteiger partial charge in [0, 0.05) is 37.2 Å². The summed E-state index contributed by atoms with van der Waals surface area (Å²) in [5.74, 6) is 0.877. The summed E-state index contributed by atoms with van der Waals surface area (Å²) < 4.78 is 6.23. The Kier molecular flexibility index (Phi) is 7.56. The molecule has 1 N–H and O–H groups in total. The van der Waals surface area contributed by atoms with Crippen molar-refractivity contribution in [1.82, 2.24) is 14.8 Å². The van der Waals surface area contributed by atoms with Crippen molar-refractivity contribution < 1.29 is 14.3 Å². The summed E-state index contributed by atoms with van der Waals surface area (Å²) in [5, 5.41) is 1.09. The molecule has 0 saturated carbocycles. The van der Waals surface area contributed by atoms with Crippen molar-refractivity contribution in [2.24, 2.45) is 5.92 Å². The Hall–Kier alpha value is -3.28. The smallest absolute Gasteiger partial charge is 0.257 e. The van der Waals surface area contributed by atoms with E-state index in [-0.39, 0.29) is 23.8 Å². The second kappa shape index (κ2) is 10.8. The first kappa shape index (κ1) is 23.9. The number of H-pyrrole nitrogens is 1. The van der Waals surface area contributed by atoms with E-state index in [4.69, 9.17) is 4.74 Å². The van der Waals surface area contributed by atoms with E-state index in [1.54, 1.807) is 4.90 Å². The lowest BCUT2D eigenvalue weighted by Gasteiger charge is -2.34. The van der Waals surface area contributed by atoms with Gasteiger partial charge in [-0.25, -0.2) is 0 Å². The van der Waals surface area contributed by atoms with Crippen molar-refractivity contribution in [2.45, 2.75) is 45.6 Å². The molecule has 1 aliphatic rings. The largest absolute Gasteiger partial charge is 0.491 e. The minimum absolute atomic E-state index is 0.0248. The van der Waals surface area contributed by atoms with Crippen LogP contribution in [-0.4, -0.2) is 59.4 Å². The van der Waals surface area contributed by atoms with E-state index in [9.17, 15) is 9.59 Å². The van der Waals surface area contributed by atoms with Crippen LogP contribution in [0.25, 0.3) is 10.9 Å². The van der Waals surface area contributed by atoms with Gasteiger partial charge in [-0.1, -0.05) is 44.2 Å². The number of hydrogen-bond acceptors (Lipinski definition) is 3. The molecule has 180 valence electrons. The molecule has 1 aromatic heterocycles. The Morgan fingerprint density at radius 2 is 1.79 bits per heavy atom. The third-order valence-electron chi connectivity index (χ3n) is 6.77. The molecule has 0 radical (unpaired) electrons. The number of carbonyl (C=O) groups excluding carboxylic acids is 2. The fourth-order valence-electron chi connectivity index (χ4n) is 4.72. The van der Waals surface area contributed by atoms with Crippen LogP contribution in [0.15, 0.2) is 54.7 Å². The maximum absolute atomic E-state index is 13.7. The van der Waals surface area contributed by atoms with Crippen LogP contribution in [-0.2, 0) is 11.2 Å². The van der Waals surface area contributed by atoms with E-state index in [1.807, 2.05) is 60.6 Å². The summed E-state index contributed by atoms with van der Waals surface area (Å²) in [5.41, 5.74) is 2.64. The van der Waals surface area contributed by atoms with Crippen LogP contribution in [0, 0.1) is 5.92 Å². The summed E-state index contributed by atoms with van der Waals surface area (Å²) in [6.45, 7) is 5.98. The van der Waals surface area contributed by atoms with Crippen LogP contribution in [0.1, 0.15) is 49.0 Å². The number of amides is 2. The number of ether oxygens (including phenoxy) is 1. The van der Waals surface area contributed by atoms with Crippen molar-refractivity contribution in [2.75, 3.05) is 26.7 Å². The van der Waals surface area contributed by atoms with E-state index in [0.29, 0.717) is 37.4 Å². The predicted molar refractivity (Wildman–Crippen MR) is 135 cm³/mol. The molecule has 34 heavy (non-hydrogen) atoms. The molecule has 0 aliphatic carbocycles. The first-order valence-electron chi connectivity index (χ1n) is 12.3. The van der Waals surface area contributed by atoms with Crippen LogP contribution in [0.2, 0.25) is 0 Å². The summed E-state index contributed by atoms with van der Waals surface area (Å²) in [7, 11) is 1.84. The highest BCUT2D eigenvalue weighted by atomic mass is 16.5. The van der Waals surface area contributed by atoms with Gasteiger partial charge in [0.1, 0.15) is 12.4 Å². The van der Waals surface area contributed by atoms with Crippen molar-refractivity contribution in [3.8, 4) is 5.75 Å². The molecule has 0 bridgehead atoms. The number of fused-ring (bicyclic) bond motifs is 2. The van der Waals surface area contributed by atoms with Gasteiger partial charge in [0.25, 0.3) is 5.91 Å². The molecule has 6 nitrogen and oxygen atoms in total. The SMILES string of the molecule is CC(C)[C@H]1COc2ccccc2C(=O)N(C)CCCCCN1C(=O)Cc1c[nH]c2ccccc12. The van der Waals surface area contributed by atoms with Crippen molar-refractivity contribution in [3.63, 3.8) is 0 Å². The molecular weight excluding hydrogens is 426 g/mol. The predicted octanol–water partition coefficient (Wildman–Crippen LogP) is 4.90. The number of aromatic nitrogens is 1. The van der Waals surface area contributed by atoms with E-state index >= 15 is 0 Å². The minimum Gasteiger partial charge on any atom is -0.491 e. The third kappa shape index (κ3) is 5.27. The van der Waals surface area contributed by atoms with Crippen LogP contribution < -0.4 is 4.74 Å². The maximum Gasteiger partial charge on any atom is 0.257 e. The number of benzene rings is 2. The topological polar surface area (TPSA) is 65.6 Å². The second-order valence-electron chi connectivity index (χ2n) is 9.53. The average Bonchev–Trinajstić information content (AvgIpc) is 3.24. The normalized spacial score (nSPS) is 18.1.